The summed E-state index contributed by atoms with van der Waals surface area (Å²) in [6.45, 7) is 0.491. The van der Waals surface area contributed by atoms with Crippen LogP contribution in [0.25, 0.3) is 0 Å². The smallest absolute Gasteiger partial charge is 0.225 e. The molecule has 1 N–H and O–H groups in total. The molecule has 0 aliphatic heterocycles. The maximum Gasteiger partial charge on any atom is 0.225 e. The molecule has 0 saturated heterocycles. The highest BCUT2D eigenvalue weighted by atomic mass is 127. The Bertz CT molecular complexity index is 588. The first-order valence-electron chi connectivity index (χ1n) is 5.76. The van der Waals surface area contributed by atoms with E-state index in [1.807, 2.05) is 18.2 Å². The Hall–Kier alpha value is -1.28. The molecule has 2 aromatic rings. The minimum atomic E-state index is 0.491. The third-order valence-corrected chi connectivity index (χ3v) is 3.77. The number of hydrogen-bond donors (Lipinski definition) is 1. The van der Waals surface area contributed by atoms with Crippen LogP contribution in [0.3, 0.4) is 0 Å². The van der Waals surface area contributed by atoms with E-state index in [0.29, 0.717) is 23.3 Å². The number of nitrogens with one attached hydrogen (secondary N) is 1. The van der Waals surface area contributed by atoms with Crippen molar-refractivity contribution in [3.63, 3.8) is 0 Å². The van der Waals surface area contributed by atoms with Crippen LogP contribution in [-0.2, 0) is 6.54 Å². The normalized spacial score (nSPS) is 10.2. The number of methoxy groups -OCH3 is 2. The Labute approximate surface area is 135 Å². The third-order valence-electron chi connectivity index (χ3n) is 2.64. The molecule has 0 spiro atoms. The second kappa shape index (κ2) is 6.94. The minimum Gasteiger partial charge on any atom is -0.481 e. The SMILES string of the molecule is COc1ncnc(OC)c1CNc1ccc(Cl)cc1I. The molecule has 0 radical (unpaired) electrons. The topological polar surface area (TPSA) is 56.3 Å². The lowest BCUT2D eigenvalue weighted by Gasteiger charge is -2.13. The molecule has 2 rings (SSSR count). The molecule has 1 aromatic heterocycles. The van der Waals surface area contributed by atoms with Crippen LogP contribution in [0.15, 0.2) is 24.5 Å². The van der Waals surface area contributed by atoms with Gasteiger partial charge in [-0.25, -0.2) is 9.97 Å². The number of hydrogen-bond acceptors (Lipinski definition) is 5. The van der Waals surface area contributed by atoms with Crippen LogP contribution in [0.5, 0.6) is 11.8 Å². The van der Waals surface area contributed by atoms with Crippen molar-refractivity contribution < 1.29 is 9.47 Å². The molecule has 0 atom stereocenters. The molecular formula is C13H13ClIN3O2. The van der Waals surface area contributed by atoms with E-state index in [2.05, 4.69) is 37.9 Å². The van der Waals surface area contributed by atoms with E-state index in [1.165, 1.54) is 6.33 Å². The zero-order valence-corrected chi connectivity index (χ0v) is 13.9. The molecule has 106 valence electrons. The Morgan fingerprint density at radius 2 is 1.85 bits per heavy atom. The van der Waals surface area contributed by atoms with Gasteiger partial charge in [-0.05, 0) is 40.8 Å². The van der Waals surface area contributed by atoms with Gasteiger partial charge < -0.3 is 14.8 Å². The average Bonchev–Trinajstić information content (AvgIpc) is 2.46. The first-order valence-corrected chi connectivity index (χ1v) is 7.22. The fourth-order valence-electron chi connectivity index (χ4n) is 1.70. The summed E-state index contributed by atoms with van der Waals surface area (Å²) in [6.07, 6.45) is 1.41. The van der Waals surface area contributed by atoms with Gasteiger partial charge in [0, 0.05) is 14.3 Å². The summed E-state index contributed by atoms with van der Waals surface area (Å²) >= 11 is 8.16. The van der Waals surface area contributed by atoms with E-state index in [0.717, 1.165) is 14.8 Å². The number of rotatable bonds is 5. The van der Waals surface area contributed by atoms with Crippen molar-refractivity contribution in [1.82, 2.24) is 9.97 Å². The van der Waals surface area contributed by atoms with Gasteiger partial charge in [0.15, 0.2) is 0 Å². The zero-order chi connectivity index (χ0) is 14.5. The lowest BCUT2D eigenvalue weighted by molar-refractivity contribution is 0.363. The first-order chi connectivity index (χ1) is 9.65. The lowest BCUT2D eigenvalue weighted by Crippen LogP contribution is -2.07. The summed E-state index contributed by atoms with van der Waals surface area (Å²) in [6, 6.07) is 5.65. The summed E-state index contributed by atoms with van der Waals surface area (Å²) in [4.78, 5) is 8.16. The van der Waals surface area contributed by atoms with Crippen LogP contribution in [0.4, 0.5) is 5.69 Å². The second-order valence-electron chi connectivity index (χ2n) is 3.85. The van der Waals surface area contributed by atoms with Gasteiger partial charge in [0.05, 0.1) is 26.3 Å². The standard InChI is InChI=1S/C13H13ClIN3O2/c1-19-12-9(13(20-2)18-7-17-12)6-16-11-4-3-8(14)5-10(11)15/h3-5,7,16H,6H2,1-2H3. The molecule has 0 unspecified atom stereocenters. The monoisotopic (exact) mass is 405 g/mol. The molecule has 0 aliphatic rings. The molecule has 0 fully saturated rings. The number of nitrogens with zero attached hydrogens (tertiary/aromatic N) is 2. The molecule has 7 heteroatoms. The highest BCUT2D eigenvalue weighted by Gasteiger charge is 2.13. The van der Waals surface area contributed by atoms with Gasteiger partial charge in [0.1, 0.15) is 6.33 Å². The van der Waals surface area contributed by atoms with Crippen LogP contribution < -0.4 is 14.8 Å². The quantitative estimate of drug-likeness (QED) is 0.773. The molecule has 5 nitrogen and oxygen atoms in total. The predicted molar refractivity (Wildman–Crippen MR) is 86.6 cm³/mol. The average molecular weight is 406 g/mol. The van der Waals surface area contributed by atoms with Gasteiger partial charge in [-0.3, -0.25) is 0 Å². The highest BCUT2D eigenvalue weighted by Crippen LogP contribution is 2.27. The Morgan fingerprint density at radius 1 is 1.20 bits per heavy atom. The number of aromatic nitrogens is 2. The molecule has 20 heavy (non-hydrogen) atoms. The Kier molecular flexibility index (Phi) is 5.24. The summed E-state index contributed by atoms with van der Waals surface area (Å²) in [5.74, 6) is 0.988. The van der Waals surface area contributed by atoms with E-state index in [4.69, 9.17) is 21.1 Å². The predicted octanol–water partition coefficient (Wildman–Crippen LogP) is 3.36. The van der Waals surface area contributed by atoms with E-state index in [-0.39, 0.29) is 0 Å². The third kappa shape index (κ3) is 3.43. The molecule has 0 aliphatic carbocycles. The second-order valence-corrected chi connectivity index (χ2v) is 5.45. The number of ether oxygens (including phenoxy) is 2. The largest absolute Gasteiger partial charge is 0.481 e. The van der Waals surface area contributed by atoms with Crippen LogP contribution in [0.2, 0.25) is 5.02 Å². The van der Waals surface area contributed by atoms with Crippen molar-refractivity contribution in [3.8, 4) is 11.8 Å². The Morgan fingerprint density at radius 3 is 2.40 bits per heavy atom. The van der Waals surface area contributed by atoms with Gasteiger partial charge in [0.25, 0.3) is 0 Å². The Balaban J connectivity index is 2.22. The zero-order valence-electron chi connectivity index (χ0n) is 11.0. The van der Waals surface area contributed by atoms with Crippen molar-refractivity contribution in [1.29, 1.82) is 0 Å². The molecule has 1 aromatic carbocycles. The molecule has 1 heterocycles. The van der Waals surface area contributed by atoms with Gasteiger partial charge in [-0.1, -0.05) is 11.6 Å². The van der Waals surface area contributed by atoms with Crippen molar-refractivity contribution in [2.75, 3.05) is 19.5 Å². The fraction of sp³-hybridized carbons (Fsp3) is 0.231. The van der Waals surface area contributed by atoms with E-state index < -0.39 is 0 Å². The molecule has 0 saturated carbocycles. The number of halogens is 2. The van der Waals surface area contributed by atoms with Crippen molar-refractivity contribution in [2.45, 2.75) is 6.54 Å². The molecule has 0 amide bonds. The fourth-order valence-corrected chi connectivity index (χ4v) is 2.76. The van der Waals surface area contributed by atoms with Crippen LogP contribution in [0.1, 0.15) is 5.56 Å². The van der Waals surface area contributed by atoms with Gasteiger partial charge in [0.2, 0.25) is 11.8 Å². The van der Waals surface area contributed by atoms with Gasteiger partial charge >= 0.3 is 0 Å². The van der Waals surface area contributed by atoms with Crippen LogP contribution >= 0.6 is 34.2 Å². The highest BCUT2D eigenvalue weighted by molar-refractivity contribution is 14.1. The van der Waals surface area contributed by atoms with Crippen LogP contribution in [-0.4, -0.2) is 24.2 Å². The van der Waals surface area contributed by atoms with E-state index in [1.54, 1.807) is 14.2 Å². The summed E-state index contributed by atoms with van der Waals surface area (Å²) < 4.78 is 11.5. The van der Waals surface area contributed by atoms with Crippen molar-refractivity contribution in [2.24, 2.45) is 0 Å². The summed E-state index contributed by atoms with van der Waals surface area (Å²) in [7, 11) is 3.13. The summed E-state index contributed by atoms with van der Waals surface area (Å²) in [5, 5.41) is 4.01. The van der Waals surface area contributed by atoms with Crippen molar-refractivity contribution in [3.05, 3.63) is 38.7 Å². The molecule has 0 bridgehead atoms. The van der Waals surface area contributed by atoms with E-state index in [9.17, 15) is 0 Å². The lowest BCUT2D eigenvalue weighted by atomic mass is 10.2. The summed E-state index contributed by atoms with van der Waals surface area (Å²) in [5.41, 5.74) is 1.74. The van der Waals surface area contributed by atoms with Crippen LogP contribution in [0, 0.1) is 3.57 Å². The number of anilines is 1. The van der Waals surface area contributed by atoms with Gasteiger partial charge in [-0.15, -0.1) is 0 Å². The van der Waals surface area contributed by atoms with E-state index >= 15 is 0 Å². The maximum atomic E-state index is 5.94. The molecular weight excluding hydrogens is 393 g/mol. The number of benzene rings is 1. The minimum absolute atomic E-state index is 0.491. The van der Waals surface area contributed by atoms with Crippen molar-refractivity contribution >= 4 is 39.9 Å². The van der Waals surface area contributed by atoms with Gasteiger partial charge in [-0.2, -0.15) is 0 Å². The maximum absolute atomic E-state index is 5.94. The first kappa shape index (κ1) is 15.1.